The van der Waals surface area contributed by atoms with Crippen LogP contribution in [0.2, 0.25) is 0 Å². The maximum Gasteiger partial charge on any atom is 0.124 e. The molecule has 2 heteroatoms. The zero-order valence-corrected chi connectivity index (χ0v) is 12.5. The van der Waals surface area contributed by atoms with E-state index in [1.165, 1.54) is 31.2 Å². The Balaban J connectivity index is 2.02. The van der Waals surface area contributed by atoms with Crippen LogP contribution in [0.15, 0.2) is 24.3 Å². The van der Waals surface area contributed by atoms with Gasteiger partial charge in [-0.15, -0.1) is 0 Å². The summed E-state index contributed by atoms with van der Waals surface area (Å²) in [5.74, 6) is 1.74. The molecule has 1 aromatic carbocycles. The zero-order chi connectivity index (χ0) is 13.7. The fourth-order valence-corrected chi connectivity index (χ4v) is 2.65. The number of hydrogen-bond acceptors (Lipinski definition) is 2. The first kappa shape index (κ1) is 14.4. The van der Waals surface area contributed by atoms with Crippen LogP contribution in [0.25, 0.3) is 0 Å². The lowest BCUT2D eigenvalue weighted by molar-refractivity contribution is 0.206. The minimum absolute atomic E-state index is 0.347. The second-order valence-corrected chi connectivity index (χ2v) is 6.09. The second kappa shape index (κ2) is 6.95. The normalized spacial score (nSPS) is 17.9. The van der Waals surface area contributed by atoms with Crippen molar-refractivity contribution in [3.63, 3.8) is 0 Å². The van der Waals surface area contributed by atoms with Gasteiger partial charge in [-0.3, -0.25) is 0 Å². The largest absolute Gasteiger partial charge is 0.490 e. The molecule has 2 rings (SSSR count). The van der Waals surface area contributed by atoms with Crippen LogP contribution in [0.5, 0.6) is 5.75 Å². The summed E-state index contributed by atoms with van der Waals surface area (Å²) in [4.78, 5) is 0. The van der Waals surface area contributed by atoms with Crippen molar-refractivity contribution < 1.29 is 4.74 Å². The van der Waals surface area contributed by atoms with Crippen LogP contribution in [0.1, 0.15) is 58.1 Å². The molecule has 106 valence electrons. The standard InChI is InChI=1S/C17H27NO/c1-13(2)12-18-14(3)16-10-6-7-11-17(16)19-15-8-4-5-9-15/h6-7,10-11,13-15,18H,4-5,8-9,12H2,1-3H3/t14-/m0/s1. The molecule has 19 heavy (non-hydrogen) atoms. The van der Waals surface area contributed by atoms with Gasteiger partial charge in [-0.05, 0) is 51.1 Å². The zero-order valence-electron chi connectivity index (χ0n) is 12.5. The van der Waals surface area contributed by atoms with E-state index in [2.05, 4.69) is 50.4 Å². The molecule has 1 aromatic rings. The SMILES string of the molecule is CC(C)CN[C@@H](C)c1ccccc1OC1CCCC1. The molecule has 0 aromatic heterocycles. The van der Waals surface area contributed by atoms with Gasteiger partial charge < -0.3 is 10.1 Å². The Morgan fingerprint density at radius 3 is 2.53 bits per heavy atom. The quantitative estimate of drug-likeness (QED) is 0.823. The average molecular weight is 261 g/mol. The Morgan fingerprint density at radius 2 is 1.84 bits per heavy atom. The molecule has 0 heterocycles. The van der Waals surface area contributed by atoms with Gasteiger partial charge in [-0.1, -0.05) is 32.0 Å². The smallest absolute Gasteiger partial charge is 0.124 e. The van der Waals surface area contributed by atoms with E-state index in [-0.39, 0.29) is 0 Å². The van der Waals surface area contributed by atoms with Crippen molar-refractivity contribution in [2.75, 3.05) is 6.54 Å². The summed E-state index contributed by atoms with van der Waals surface area (Å²) in [7, 11) is 0. The van der Waals surface area contributed by atoms with E-state index in [0.717, 1.165) is 12.3 Å². The maximum atomic E-state index is 6.19. The predicted molar refractivity (Wildman–Crippen MR) is 80.6 cm³/mol. The molecule has 0 aliphatic heterocycles. The van der Waals surface area contributed by atoms with Gasteiger partial charge in [0.1, 0.15) is 5.75 Å². The van der Waals surface area contributed by atoms with Crippen LogP contribution >= 0.6 is 0 Å². The summed E-state index contributed by atoms with van der Waals surface area (Å²) in [5.41, 5.74) is 1.29. The second-order valence-electron chi connectivity index (χ2n) is 6.09. The lowest BCUT2D eigenvalue weighted by Gasteiger charge is -2.21. The van der Waals surface area contributed by atoms with Gasteiger partial charge in [0.05, 0.1) is 6.10 Å². The van der Waals surface area contributed by atoms with Crippen LogP contribution in [0.4, 0.5) is 0 Å². The fraction of sp³-hybridized carbons (Fsp3) is 0.647. The molecule has 0 amide bonds. The van der Waals surface area contributed by atoms with E-state index in [0.29, 0.717) is 18.1 Å². The summed E-state index contributed by atoms with van der Waals surface area (Å²) in [6.45, 7) is 7.74. The molecule has 2 nitrogen and oxygen atoms in total. The summed E-state index contributed by atoms with van der Waals surface area (Å²) < 4.78 is 6.19. The molecule has 0 spiro atoms. The Kier molecular flexibility index (Phi) is 5.26. The number of para-hydroxylation sites is 1. The van der Waals surface area contributed by atoms with E-state index in [1.54, 1.807) is 0 Å². The molecule has 0 radical (unpaired) electrons. The van der Waals surface area contributed by atoms with Crippen molar-refractivity contribution in [3.05, 3.63) is 29.8 Å². The van der Waals surface area contributed by atoms with Crippen molar-refractivity contribution in [3.8, 4) is 5.75 Å². The minimum Gasteiger partial charge on any atom is -0.490 e. The summed E-state index contributed by atoms with van der Waals surface area (Å²) in [6, 6.07) is 8.82. The van der Waals surface area contributed by atoms with E-state index in [1.807, 2.05) is 0 Å². The van der Waals surface area contributed by atoms with Crippen molar-refractivity contribution in [1.82, 2.24) is 5.32 Å². The van der Waals surface area contributed by atoms with E-state index < -0.39 is 0 Å². The van der Waals surface area contributed by atoms with Gasteiger partial charge in [0, 0.05) is 11.6 Å². The van der Waals surface area contributed by atoms with E-state index in [4.69, 9.17) is 4.74 Å². The van der Waals surface area contributed by atoms with Gasteiger partial charge in [0.2, 0.25) is 0 Å². The molecular formula is C17H27NO. The highest BCUT2D eigenvalue weighted by atomic mass is 16.5. The third-order valence-electron chi connectivity index (χ3n) is 3.81. The van der Waals surface area contributed by atoms with E-state index >= 15 is 0 Å². The Bertz CT molecular complexity index is 383. The molecule has 0 bridgehead atoms. The molecule has 0 unspecified atom stereocenters. The highest BCUT2D eigenvalue weighted by Crippen LogP contribution is 2.29. The van der Waals surface area contributed by atoms with Crippen molar-refractivity contribution in [2.45, 2.75) is 58.6 Å². The molecule has 1 fully saturated rings. The number of benzene rings is 1. The first-order chi connectivity index (χ1) is 9.16. The van der Waals surface area contributed by atoms with Crippen LogP contribution < -0.4 is 10.1 Å². The number of rotatable bonds is 6. The predicted octanol–water partition coefficient (Wildman–Crippen LogP) is 4.31. The Hall–Kier alpha value is -1.02. The van der Waals surface area contributed by atoms with Gasteiger partial charge >= 0.3 is 0 Å². The Labute approximate surface area is 117 Å². The first-order valence-corrected chi connectivity index (χ1v) is 7.65. The Morgan fingerprint density at radius 1 is 1.16 bits per heavy atom. The molecule has 1 N–H and O–H groups in total. The highest BCUT2D eigenvalue weighted by molar-refractivity contribution is 5.35. The molecular weight excluding hydrogens is 234 g/mol. The first-order valence-electron chi connectivity index (χ1n) is 7.65. The summed E-state index contributed by atoms with van der Waals surface area (Å²) in [5, 5.41) is 3.58. The van der Waals surface area contributed by atoms with Crippen LogP contribution in [-0.2, 0) is 0 Å². The number of hydrogen-bond donors (Lipinski definition) is 1. The lowest BCUT2D eigenvalue weighted by Crippen LogP contribution is -2.24. The van der Waals surface area contributed by atoms with Crippen LogP contribution in [-0.4, -0.2) is 12.6 Å². The summed E-state index contributed by atoms with van der Waals surface area (Å²) >= 11 is 0. The number of ether oxygens (including phenoxy) is 1. The minimum atomic E-state index is 0.347. The van der Waals surface area contributed by atoms with Crippen LogP contribution in [0.3, 0.4) is 0 Å². The van der Waals surface area contributed by atoms with Crippen molar-refractivity contribution >= 4 is 0 Å². The highest BCUT2D eigenvalue weighted by Gasteiger charge is 2.19. The van der Waals surface area contributed by atoms with Crippen molar-refractivity contribution in [2.24, 2.45) is 5.92 Å². The van der Waals surface area contributed by atoms with Gasteiger partial charge in [-0.2, -0.15) is 0 Å². The summed E-state index contributed by atoms with van der Waals surface area (Å²) in [6.07, 6.45) is 5.48. The van der Waals surface area contributed by atoms with E-state index in [9.17, 15) is 0 Å². The number of nitrogens with one attached hydrogen (secondary N) is 1. The van der Waals surface area contributed by atoms with Crippen LogP contribution in [0, 0.1) is 5.92 Å². The monoisotopic (exact) mass is 261 g/mol. The maximum absolute atomic E-state index is 6.19. The third kappa shape index (κ3) is 4.24. The molecule has 1 aliphatic rings. The molecule has 0 saturated heterocycles. The average Bonchev–Trinajstić information content (AvgIpc) is 2.89. The molecule has 1 atom stereocenters. The van der Waals surface area contributed by atoms with Gasteiger partial charge in [-0.25, -0.2) is 0 Å². The molecule has 1 aliphatic carbocycles. The molecule has 1 saturated carbocycles. The van der Waals surface area contributed by atoms with Gasteiger partial charge in [0.25, 0.3) is 0 Å². The van der Waals surface area contributed by atoms with Crippen molar-refractivity contribution in [1.29, 1.82) is 0 Å². The topological polar surface area (TPSA) is 21.3 Å². The third-order valence-corrected chi connectivity index (χ3v) is 3.81. The fourth-order valence-electron chi connectivity index (χ4n) is 2.65. The van der Waals surface area contributed by atoms with Gasteiger partial charge in [0.15, 0.2) is 0 Å². The lowest BCUT2D eigenvalue weighted by atomic mass is 10.1.